The Morgan fingerprint density at radius 1 is 1.09 bits per heavy atom. The molecule has 2 aromatic rings. The summed E-state index contributed by atoms with van der Waals surface area (Å²) in [4.78, 5) is 14.8. The maximum absolute atomic E-state index is 12.4. The molecule has 120 valence electrons. The summed E-state index contributed by atoms with van der Waals surface area (Å²) in [7, 11) is 0. The lowest BCUT2D eigenvalue weighted by Crippen LogP contribution is -2.37. The Balaban J connectivity index is 1.70. The lowest BCUT2D eigenvalue weighted by molar-refractivity contribution is 0.102. The van der Waals surface area contributed by atoms with Gasteiger partial charge in [-0.25, -0.2) is 0 Å². The van der Waals surface area contributed by atoms with Gasteiger partial charge in [0.15, 0.2) is 0 Å². The van der Waals surface area contributed by atoms with Crippen molar-refractivity contribution in [1.82, 2.24) is 0 Å². The molecule has 1 aliphatic rings. The molecule has 1 aliphatic heterocycles. The summed E-state index contributed by atoms with van der Waals surface area (Å²) >= 11 is 0. The zero-order chi connectivity index (χ0) is 16.2. The number of piperidine rings is 1. The van der Waals surface area contributed by atoms with Gasteiger partial charge >= 0.3 is 0 Å². The topological polar surface area (TPSA) is 32.3 Å². The summed E-state index contributed by atoms with van der Waals surface area (Å²) in [6.45, 7) is 5.36. The minimum atomic E-state index is -0.0535. The van der Waals surface area contributed by atoms with Crippen molar-refractivity contribution in [3.63, 3.8) is 0 Å². The van der Waals surface area contributed by atoms with Crippen LogP contribution in [-0.2, 0) is 0 Å². The van der Waals surface area contributed by atoms with E-state index in [4.69, 9.17) is 0 Å². The van der Waals surface area contributed by atoms with Crippen LogP contribution in [0, 0.1) is 6.92 Å². The molecule has 0 bridgehead atoms. The molecule has 0 aromatic heterocycles. The first-order valence-corrected chi connectivity index (χ1v) is 8.39. The van der Waals surface area contributed by atoms with Crippen LogP contribution in [-0.4, -0.2) is 18.5 Å². The minimum absolute atomic E-state index is 0.0535. The Kier molecular flexibility index (Phi) is 4.65. The molecule has 0 saturated carbocycles. The van der Waals surface area contributed by atoms with E-state index in [-0.39, 0.29) is 5.91 Å². The molecule has 1 atom stereocenters. The maximum Gasteiger partial charge on any atom is 0.255 e. The molecule has 0 aliphatic carbocycles. The summed E-state index contributed by atoms with van der Waals surface area (Å²) in [5, 5.41) is 2.98. The molecule has 1 heterocycles. The highest BCUT2D eigenvalue weighted by atomic mass is 16.1. The molecule has 3 heteroatoms. The predicted molar refractivity (Wildman–Crippen MR) is 96.2 cm³/mol. The van der Waals surface area contributed by atoms with E-state index in [9.17, 15) is 4.79 Å². The molecule has 3 rings (SSSR count). The Bertz CT molecular complexity index is 678. The first-order valence-electron chi connectivity index (χ1n) is 8.39. The number of rotatable bonds is 3. The fraction of sp³-hybridized carbons (Fsp3) is 0.350. The second kappa shape index (κ2) is 6.86. The number of carbonyl (C=O) groups is 1. The van der Waals surface area contributed by atoms with Crippen LogP contribution < -0.4 is 10.2 Å². The largest absolute Gasteiger partial charge is 0.369 e. The van der Waals surface area contributed by atoms with E-state index >= 15 is 0 Å². The normalized spacial score (nSPS) is 17.8. The van der Waals surface area contributed by atoms with Gasteiger partial charge in [-0.2, -0.15) is 0 Å². The van der Waals surface area contributed by atoms with Crippen LogP contribution in [0.4, 0.5) is 11.4 Å². The zero-order valence-corrected chi connectivity index (χ0v) is 13.9. The summed E-state index contributed by atoms with van der Waals surface area (Å²) in [5.74, 6) is -0.0535. The van der Waals surface area contributed by atoms with E-state index in [0.717, 1.165) is 23.4 Å². The second-order valence-corrected chi connectivity index (χ2v) is 6.35. The van der Waals surface area contributed by atoms with Gasteiger partial charge < -0.3 is 10.2 Å². The number of amides is 1. The van der Waals surface area contributed by atoms with Gasteiger partial charge in [0.25, 0.3) is 5.91 Å². The van der Waals surface area contributed by atoms with Crippen molar-refractivity contribution in [3.8, 4) is 0 Å². The highest BCUT2D eigenvalue weighted by Crippen LogP contribution is 2.26. The molecule has 23 heavy (non-hydrogen) atoms. The van der Waals surface area contributed by atoms with E-state index in [0.29, 0.717) is 6.04 Å². The van der Waals surface area contributed by atoms with E-state index < -0.39 is 0 Å². The molecule has 0 unspecified atom stereocenters. The molecule has 1 fully saturated rings. The lowest BCUT2D eigenvalue weighted by atomic mass is 10.0. The van der Waals surface area contributed by atoms with Gasteiger partial charge in [0, 0.05) is 29.5 Å². The van der Waals surface area contributed by atoms with Gasteiger partial charge in [-0.15, -0.1) is 0 Å². The second-order valence-electron chi connectivity index (χ2n) is 6.35. The molecule has 2 aromatic carbocycles. The molecule has 0 spiro atoms. The van der Waals surface area contributed by atoms with Gasteiger partial charge in [-0.05, 0) is 69.0 Å². The van der Waals surface area contributed by atoms with E-state index in [1.54, 1.807) is 0 Å². The van der Waals surface area contributed by atoms with Crippen LogP contribution in [0.15, 0.2) is 48.5 Å². The predicted octanol–water partition coefficient (Wildman–Crippen LogP) is 4.63. The Morgan fingerprint density at radius 2 is 1.83 bits per heavy atom. The number of aryl methyl sites for hydroxylation is 1. The van der Waals surface area contributed by atoms with E-state index in [1.165, 1.54) is 24.9 Å². The molecule has 0 radical (unpaired) electrons. The average Bonchev–Trinajstić information content (AvgIpc) is 2.56. The van der Waals surface area contributed by atoms with Crippen LogP contribution in [0.3, 0.4) is 0 Å². The highest BCUT2D eigenvalue weighted by molar-refractivity contribution is 6.05. The third-order valence-electron chi connectivity index (χ3n) is 4.65. The van der Waals surface area contributed by atoms with Crippen LogP contribution >= 0.6 is 0 Å². The Labute approximate surface area is 138 Å². The number of nitrogens with one attached hydrogen (secondary N) is 1. The third kappa shape index (κ3) is 3.55. The number of hydrogen-bond donors (Lipinski definition) is 1. The summed E-state index contributed by atoms with van der Waals surface area (Å²) < 4.78 is 0. The van der Waals surface area contributed by atoms with Crippen molar-refractivity contribution >= 4 is 17.3 Å². The highest BCUT2D eigenvalue weighted by Gasteiger charge is 2.18. The number of hydrogen-bond acceptors (Lipinski definition) is 2. The maximum atomic E-state index is 12.4. The van der Waals surface area contributed by atoms with Crippen molar-refractivity contribution < 1.29 is 4.79 Å². The van der Waals surface area contributed by atoms with Crippen molar-refractivity contribution in [1.29, 1.82) is 0 Å². The summed E-state index contributed by atoms with van der Waals surface area (Å²) in [6, 6.07) is 16.4. The number of carbonyl (C=O) groups excluding carboxylic acids is 1. The van der Waals surface area contributed by atoms with E-state index in [2.05, 4.69) is 29.3 Å². The number of benzene rings is 2. The van der Waals surface area contributed by atoms with Gasteiger partial charge in [0.2, 0.25) is 0 Å². The minimum Gasteiger partial charge on any atom is -0.369 e. The quantitative estimate of drug-likeness (QED) is 0.897. The fourth-order valence-corrected chi connectivity index (χ4v) is 3.24. The molecule has 1 amide bonds. The van der Waals surface area contributed by atoms with Crippen molar-refractivity contribution in [3.05, 3.63) is 59.7 Å². The van der Waals surface area contributed by atoms with Crippen LogP contribution in [0.5, 0.6) is 0 Å². The van der Waals surface area contributed by atoms with Crippen LogP contribution in [0.25, 0.3) is 0 Å². The number of nitrogens with zero attached hydrogens (tertiary/aromatic N) is 1. The van der Waals surface area contributed by atoms with Gasteiger partial charge in [-0.1, -0.05) is 18.2 Å². The molecular weight excluding hydrogens is 284 g/mol. The van der Waals surface area contributed by atoms with Crippen molar-refractivity contribution in [2.45, 2.75) is 39.2 Å². The first kappa shape index (κ1) is 15.6. The smallest absolute Gasteiger partial charge is 0.255 e. The SMILES string of the molecule is Cc1ccccc1C(=O)Nc1ccc(N2CCCC[C@H]2C)cc1. The standard InChI is InChI=1S/C20H24N2O/c1-15-7-3-4-9-19(15)20(23)21-17-10-12-18(13-11-17)22-14-6-5-8-16(22)2/h3-4,7,9-13,16H,5-6,8,14H2,1-2H3,(H,21,23)/t16-/m1/s1. The molecule has 1 N–H and O–H groups in total. The third-order valence-corrected chi connectivity index (χ3v) is 4.65. The molecule has 3 nitrogen and oxygen atoms in total. The Morgan fingerprint density at radius 3 is 2.52 bits per heavy atom. The van der Waals surface area contributed by atoms with Crippen LogP contribution in [0.2, 0.25) is 0 Å². The summed E-state index contributed by atoms with van der Waals surface area (Å²) in [6.07, 6.45) is 3.84. The van der Waals surface area contributed by atoms with Crippen LogP contribution in [0.1, 0.15) is 42.1 Å². The van der Waals surface area contributed by atoms with Crippen molar-refractivity contribution in [2.75, 3.05) is 16.8 Å². The van der Waals surface area contributed by atoms with Gasteiger partial charge in [-0.3, -0.25) is 4.79 Å². The lowest BCUT2D eigenvalue weighted by Gasteiger charge is -2.35. The monoisotopic (exact) mass is 308 g/mol. The summed E-state index contributed by atoms with van der Waals surface area (Å²) in [5.41, 5.74) is 3.79. The fourth-order valence-electron chi connectivity index (χ4n) is 3.24. The molecule has 1 saturated heterocycles. The van der Waals surface area contributed by atoms with Crippen molar-refractivity contribution in [2.24, 2.45) is 0 Å². The van der Waals surface area contributed by atoms with E-state index in [1.807, 2.05) is 43.3 Å². The van der Waals surface area contributed by atoms with Gasteiger partial charge in [0.05, 0.1) is 0 Å². The molecular formula is C20H24N2O. The Hall–Kier alpha value is -2.29. The zero-order valence-electron chi connectivity index (χ0n) is 13.9. The first-order chi connectivity index (χ1) is 11.1. The van der Waals surface area contributed by atoms with Gasteiger partial charge in [0.1, 0.15) is 0 Å². The average molecular weight is 308 g/mol. The number of anilines is 2.